The normalized spacial score (nSPS) is 13.4. The summed E-state index contributed by atoms with van der Waals surface area (Å²) in [6.07, 6.45) is -7.79. The molecule has 0 amide bonds. The van der Waals surface area contributed by atoms with Gasteiger partial charge in [-0.15, -0.1) is 0 Å². The smallest absolute Gasteiger partial charge is 0.181 e. The van der Waals surface area contributed by atoms with Crippen molar-refractivity contribution in [3.05, 3.63) is 0 Å². The molecule has 0 unspecified atom stereocenters. The van der Waals surface area contributed by atoms with Gasteiger partial charge in [0.2, 0.25) is 0 Å². The summed E-state index contributed by atoms with van der Waals surface area (Å²) in [5, 5.41) is 60.4. The standard InChI is InChI=1S/C6H14O7/c7-3(8)1-6(13,5(11)12)2-4(9)10/h3-5,7-13H,1-2H2. The van der Waals surface area contributed by atoms with Crippen molar-refractivity contribution in [2.75, 3.05) is 0 Å². The molecule has 0 radical (unpaired) electrons. The fraction of sp³-hybridized carbons (Fsp3) is 1.00. The predicted molar refractivity (Wildman–Crippen MR) is 38.9 cm³/mol. The Labute approximate surface area is 74.1 Å². The summed E-state index contributed by atoms with van der Waals surface area (Å²) in [4.78, 5) is 0. The van der Waals surface area contributed by atoms with E-state index in [0.29, 0.717) is 0 Å². The lowest BCUT2D eigenvalue weighted by molar-refractivity contribution is -0.236. The van der Waals surface area contributed by atoms with Gasteiger partial charge in [0.1, 0.15) is 5.60 Å². The average molecular weight is 198 g/mol. The Morgan fingerprint density at radius 2 is 1.08 bits per heavy atom. The highest BCUT2D eigenvalue weighted by Crippen LogP contribution is 2.21. The van der Waals surface area contributed by atoms with Crippen LogP contribution in [0.4, 0.5) is 0 Å². The topological polar surface area (TPSA) is 142 Å². The summed E-state index contributed by atoms with van der Waals surface area (Å²) in [7, 11) is 0. The molecule has 0 saturated heterocycles. The van der Waals surface area contributed by atoms with Crippen LogP contribution in [-0.4, -0.2) is 60.2 Å². The number of aliphatic hydroxyl groups excluding tert-OH is 3. The molecule has 0 aliphatic heterocycles. The van der Waals surface area contributed by atoms with Gasteiger partial charge < -0.3 is 35.7 Å². The monoisotopic (exact) mass is 198 g/mol. The van der Waals surface area contributed by atoms with Crippen molar-refractivity contribution in [1.29, 1.82) is 0 Å². The molecule has 0 spiro atoms. The zero-order valence-corrected chi connectivity index (χ0v) is 6.78. The molecule has 7 heteroatoms. The molecule has 80 valence electrons. The molecular formula is C6H14O7. The molecule has 7 nitrogen and oxygen atoms in total. The average Bonchev–Trinajstić information content (AvgIpc) is 1.82. The first-order chi connectivity index (χ1) is 5.78. The van der Waals surface area contributed by atoms with Gasteiger partial charge in [0.25, 0.3) is 0 Å². The summed E-state index contributed by atoms with van der Waals surface area (Å²) in [6, 6.07) is 0. The van der Waals surface area contributed by atoms with Crippen molar-refractivity contribution in [2.24, 2.45) is 0 Å². The Morgan fingerprint density at radius 1 is 0.769 bits per heavy atom. The molecule has 0 aliphatic carbocycles. The molecule has 0 fully saturated rings. The molecule has 0 aromatic rings. The molecular weight excluding hydrogens is 184 g/mol. The van der Waals surface area contributed by atoms with Crippen LogP contribution in [0.2, 0.25) is 0 Å². The zero-order valence-electron chi connectivity index (χ0n) is 6.78. The highest BCUT2D eigenvalue weighted by molar-refractivity contribution is 4.82. The Morgan fingerprint density at radius 3 is 1.23 bits per heavy atom. The first-order valence-corrected chi connectivity index (χ1v) is 3.59. The maximum absolute atomic E-state index is 9.29. The summed E-state index contributed by atoms with van der Waals surface area (Å²) >= 11 is 0. The predicted octanol–water partition coefficient (Wildman–Crippen LogP) is -3.57. The Hall–Kier alpha value is -0.280. The minimum Gasteiger partial charge on any atom is -0.384 e. The second-order valence-corrected chi connectivity index (χ2v) is 2.85. The van der Waals surface area contributed by atoms with Gasteiger partial charge in [-0.05, 0) is 0 Å². The maximum Gasteiger partial charge on any atom is 0.181 e. The van der Waals surface area contributed by atoms with Gasteiger partial charge in [0, 0.05) is 12.8 Å². The lowest BCUT2D eigenvalue weighted by Gasteiger charge is -2.30. The van der Waals surface area contributed by atoms with Crippen molar-refractivity contribution in [1.82, 2.24) is 0 Å². The van der Waals surface area contributed by atoms with E-state index in [4.69, 9.17) is 30.6 Å². The fourth-order valence-corrected chi connectivity index (χ4v) is 0.926. The van der Waals surface area contributed by atoms with E-state index < -0.39 is 37.3 Å². The van der Waals surface area contributed by atoms with Gasteiger partial charge >= 0.3 is 0 Å². The van der Waals surface area contributed by atoms with Crippen molar-refractivity contribution in [3.8, 4) is 0 Å². The minimum absolute atomic E-state index is 0.789. The molecule has 7 N–H and O–H groups in total. The van der Waals surface area contributed by atoms with E-state index in [-0.39, 0.29) is 0 Å². The van der Waals surface area contributed by atoms with Gasteiger partial charge in [0.15, 0.2) is 18.9 Å². The highest BCUT2D eigenvalue weighted by atomic mass is 16.5. The summed E-state index contributed by atoms with van der Waals surface area (Å²) in [6.45, 7) is 0. The molecule has 0 aromatic heterocycles. The Kier molecular flexibility index (Phi) is 4.71. The van der Waals surface area contributed by atoms with E-state index in [2.05, 4.69) is 0 Å². The Bertz CT molecular complexity index is 134. The fourth-order valence-electron chi connectivity index (χ4n) is 0.926. The third-order valence-electron chi connectivity index (χ3n) is 1.55. The van der Waals surface area contributed by atoms with Crippen LogP contribution in [-0.2, 0) is 0 Å². The van der Waals surface area contributed by atoms with Crippen LogP contribution in [0.25, 0.3) is 0 Å². The number of rotatable bonds is 5. The summed E-state index contributed by atoms with van der Waals surface area (Å²) in [5.41, 5.74) is -2.34. The van der Waals surface area contributed by atoms with Crippen molar-refractivity contribution in [3.63, 3.8) is 0 Å². The summed E-state index contributed by atoms with van der Waals surface area (Å²) in [5.74, 6) is 0. The van der Waals surface area contributed by atoms with Crippen LogP contribution in [0.3, 0.4) is 0 Å². The quantitative estimate of drug-likeness (QED) is 0.226. The van der Waals surface area contributed by atoms with Crippen LogP contribution in [0.1, 0.15) is 12.8 Å². The second kappa shape index (κ2) is 4.82. The van der Waals surface area contributed by atoms with Gasteiger partial charge in [-0.2, -0.15) is 0 Å². The van der Waals surface area contributed by atoms with Crippen LogP contribution < -0.4 is 0 Å². The van der Waals surface area contributed by atoms with Crippen molar-refractivity contribution in [2.45, 2.75) is 37.3 Å². The SMILES string of the molecule is OC(O)CC(O)(CC(O)O)C(O)O. The van der Waals surface area contributed by atoms with Crippen LogP contribution >= 0.6 is 0 Å². The largest absolute Gasteiger partial charge is 0.384 e. The first-order valence-electron chi connectivity index (χ1n) is 3.59. The molecule has 0 atom stereocenters. The highest BCUT2D eigenvalue weighted by Gasteiger charge is 2.38. The van der Waals surface area contributed by atoms with E-state index in [0.717, 1.165) is 0 Å². The van der Waals surface area contributed by atoms with Gasteiger partial charge in [0.05, 0.1) is 0 Å². The van der Waals surface area contributed by atoms with E-state index in [1.54, 1.807) is 0 Å². The number of hydrogen-bond acceptors (Lipinski definition) is 7. The van der Waals surface area contributed by atoms with Crippen molar-refractivity contribution >= 4 is 0 Å². The van der Waals surface area contributed by atoms with Gasteiger partial charge in [-0.25, -0.2) is 0 Å². The second-order valence-electron chi connectivity index (χ2n) is 2.85. The van der Waals surface area contributed by atoms with E-state index in [1.165, 1.54) is 0 Å². The molecule has 0 aliphatic rings. The summed E-state index contributed by atoms with van der Waals surface area (Å²) < 4.78 is 0. The number of hydrogen-bond donors (Lipinski definition) is 7. The lowest BCUT2D eigenvalue weighted by atomic mass is 9.94. The lowest BCUT2D eigenvalue weighted by Crippen LogP contribution is -2.47. The molecule has 0 saturated carbocycles. The van der Waals surface area contributed by atoms with E-state index in [9.17, 15) is 5.11 Å². The van der Waals surface area contributed by atoms with Crippen LogP contribution in [0.15, 0.2) is 0 Å². The van der Waals surface area contributed by atoms with Crippen molar-refractivity contribution < 1.29 is 35.7 Å². The number of aliphatic hydroxyl groups is 7. The van der Waals surface area contributed by atoms with Crippen LogP contribution in [0.5, 0.6) is 0 Å². The maximum atomic E-state index is 9.29. The third kappa shape index (κ3) is 4.48. The van der Waals surface area contributed by atoms with Crippen LogP contribution in [0, 0.1) is 0 Å². The van der Waals surface area contributed by atoms with E-state index >= 15 is 0 Å². The molecule has 0 rings (SSSR count). The van der Waals surface area contributed by atoms with Gasteiger partial charge in [-0.1, -0.05) is 0 Å². The molecule has 13 heavy (non-hydrogen) atoms. The molecule has 0 heterocycles. The van der Waals surface area contributed by atoms with Gasteiger partial charge in [-0.3, -0.25) is 0 Å². The van der Waals surface area contributed by atoms with E-state index in [1.807, 2.05) is 0 Å². The molecule has 0 aromatic carbocycles. The Balaban J connectivity index is 4.34. The molecule has 0 bridgehead atoms. The minimum atomic E-state index is -2.34. The third-order valence-corrected chi connectivity index (χ3v) is 1.55. The zero-order chi connectivity index (χ0) is 10.6. The first kappa shape index (κ1) is 12.7.